The quantitative estimate of drug-likeness (QED) is 0.489. The van der Waals surface area contributed by atoms with Crippen LogP contribution in [0.4, 0.5) is 0 Å². The Labute approximate surface area is 187 Å². The number of rotatable bonds is 6. The predicted molar refractivity (Wildman–Crippen MR) is 126 cm³/mol. The highest BCUT2D eigenvalue weighted by molar-refractivity contribution is 7.12. The molecular formula is C27H29NO2S. The first-order chi connectivity index (χ1) is 15.1. The molecule has 1 aromatic heterocycles. The fourth-order valence-corrected chi connectivity index (χ4v) is 7.67. The minimum absolute atomic E-state index is 0.0812. The van der Waals surface area contributed by atoms with E-state index < -0.39 is 0 Å². The van der Waals surface area contributed by atoms with Crippen LogP contribution in [0.3, 0.4) is 0 Å². The molecule has 0 spiro atoms. The van der Waals surface area contributed by atoms with Gasteiger partial charge in [0.1, 0.15) is 12.4 Å². The lowest BCUT2D eigenvalue weighted by atomic mass is 9.49. The van der Waals surface area contributed by atoms with Gasteiger partial charge in [-0.1, -0.05) is 30.3 Å². The zero-order chi connectivity index (χ0) is 20.8. The van der Waals surface area contributed by atoms with Gasteiger partial charge in [-0.25, -0.2) is 0 Å². The molecule has 4 saturated carbocycles. The third kappa shape index (κ3) is 3.87. The van der Waals surface area contributed by atoms with Crippen LogP contribution < -0.4 is 10.1 Å². The summed E-state index contributed by atoms with van der Waals surface area (Å²) in [5, 5.41) is 7.72. The van der Waals surface area contributed by atoms with Gasteiger partial charge in [-0.3, -0.25) is 4.79 Å². The van der Waals surface area contributed by atoms with E-state index in [0.717, 1.165) is 40.5 Å². The first-order valence-corrected chi connectivity index (χ1v) is 12.5. The van der Waals surface area contributed by atoms with Crippen molar-refractivity contribution >= 4 is 28.0 Å². The smallest absolute Gasteiger partial charge is 0.261 e. The van der Waals surface area contributed by atoms with Crippen molar-refractivity contribution in [2.75, 3.05) is 6.54 Å². The lowest BCUT2D eigenvalue weighted by Crippen LogP contribution is -2.51. The number of thiophene rings is 1. The molecule has 1 N–H and O–H groups in total. The molecule has 4 fully saturated rings. The Morgan fingerprint density at radius 3 is 2.42 bits per heavy atom. The molecule has 4 heteroatoms. The number of nitrogens with one attached hydrogen (secondary N) is 1. The van der Waals surface area contributed by atoms with E-state index in [1.165, 1.54) is 60.6 Å². The van der Waals surface area contributed by atoms with Crippen molar-refractivity contribution in [3.8, 4) is 5.75 Å². The first kappa shape index (κ1) is 19.4. The molecule has 1 amide bonds. The number of ether oxygens (including phenoxy) is 1. The summed E-state index contributed by atoms with van der Waals surface area (Å²) in [5.74, 6) is 3.70. The Bertz CT molecular complexity index is 1080. The monoisotopic (exact) mass is 431 g/mol. The molecule has 0 aliphatic heterocycles. The van der Waals surface area contributed by atoms with E-state index in [1.54, 1.807) is 0 Å². The van der Waals surface area contributed by atoms with Gasteiger partial charge in [0.15, 0.2) is 0 Å². The second-order valence-electron chi connectivity index (χ2n) is 10.2. The number of hydrogen-bond acceptors (Lipinski definition) is 3. The largest absolute Gasteiger partial charge is 0.489 e. The minimum Gasteiger partial charge on any atom is -0.489 e. The summed E-state index contributed by atoms with van der Waals surface area (Å²) in [6.07, 6.45) is 8.31. The Hall–Kier alpha value is -2.33. The maximum Gasteiger partial charge on any atom is 0.261 e. The molecule has 0 radical (unpaired) electrons. The van der Waals surface area contributed by atoms with Gasteiger partial charge in [-0.15, -0.1) is 11.3 Å². The zero-order valence-electron chi connectivity index (χ0n) is 17.8. The molecule has 0 saturated heterocycles. The Morgan fingerprint density at radius 1 is 0.968 bits per heavy atom. The highest BCUT2D eigenvalue weighted by Crippen LogP contribution is 2.59. The van der Waals surface area contributed by atoms with E-state index in [0.29, 0.717) is 12.0 Å². The second-order valence-corrected chi connectivity index (χ2v) is 11.1. The van der Waals surface area contributed by atoms with Crippen LogP contribution in [-0.2, 0) is 6.61 Å². The number of carbonyl (C=O) groups is 1. The number of hydrogen-bond donors (Lipinski definition) is 1. The molecule has 160 valence electrons. The molecule has 0 unspecified atom stereocenters. The third-order valence-electron chi connectivity index (χ3n) is 7.79. The number of carbonyl (C=O) groups excluding carboxylic acids is 1. The lowest BCUT2D eigenvalue weighted by molar-refractivity contribution is -0.0503. The van der Waals surface area contributed by atoms with Crippen molar-refractivity contribution in [3.05, 3.63) is 64.4 Å². The van der Waals surface area contributed by atoms with Crippen molar-refractivity contribution in [1.29, 1.82) is 0 Å². The average Bonchev–Trinajstić information content (AvgIpc) is 3.24. The summed E-state index contributed by atoms with van der Waals surface area (Å²) >= 11 is 1.52. The second kappa shape index (κ2) is 7.67. The van der Waals surface area contributed by atoms with Crippen LogP contribution in [0.1, 0.15) is 53.8 Å². The summed E-state index contributed by atoms with van der Waals surface area (Å²) in [6.45, 7) is 1.34. The molecule has 7 rings (SSSR count). The van der Waals surface area contributed by atoms with Crippen LogP contribution in [0.15, 0.2) is 53.9 Å². The Kier molecular flexibility index (Phi) is 4.79. The molecule has 4 bridgehead atoms. The summed E-state index contributed by atoms with van der Waals surface area (Å²) in [4.78, 5) is 13.6. The van der Waals surface area contributed by atoms with Crippen LogP contribution in [0.2, 0.25) is 0 Å². The maximum atomic E-state index is 12.8. The van der Waals surface area contributed by atoms with Crippen molar-refractivity contribution < 1.29 is 9.53 Å². The maximum absolute atomic E-state index is 12.8. The Balaban J connectivity index is 1.06. The fraction of sp³-hybridized carbons (Fsp3) is 0.444. The van der Waals surface area contributed by atoms with E-state index in [9.17, 15) is 4.79 Å². The van der Waals surface area contributed by atoms with Crippen LogP contribution in [0, 0.1) is 23.2 Å². The van der Waals surface area contributed by atoms with Gasteiger partial charge in [-0.05, 0) is 96.0 Å². The molecule has 1 heterocycles. The van der Waals surface area contributed by atoms with Crippen molar-refractivity contribution in [3.63, 3.8) is 0 Å². The van der Waals surface area contributed by atoms with Gasteiger partial charge in [0.2, 0.25) is 0 Å². The summed E-state index contributed by atoms with van der Waals surface area (Å²) < 4.78 is 5.99. The van der Waals surface area contributed by atoms with Gasteiger partial charge in [0, 0.05) is 12.1 Å². The number of benzene rings is 2. The molecule has 2 aromatic carbocycles. The van der Waals surface area contributed by atoms with Crippen molar-refractivity contribution in [1.82, 2.24) is 5.32 Å². The van der Waals surface area contributed by atoms with E-state index in [-0.39, 0.29) is 5.91 Å². The SMILES string of the molecule is O=C(NCC12CC3CC(CC(C3)C1)C2)c1cc(COc2ccc3ccccc3c2)cs1. The molecule has 31 heavy (non-hydrogen) atoms. The van der Waals surface area contributed by atoms with Gasteiger partial charge in [-0.2, -0.15) is 0 Å². The van der Waals surface area contributed by atoms with Gasteiger partial charge >= 0.3 is 0 Å². The van der Waals surface area contributed by atoms with Crippen LogP contribution in [0.5, 0.6) is 5.75 Å². The highest BCUT2D eigenvalue weighted by Gasteiger charge is 2.50. The number of amides is 1. The van der Waals surface area contributed by atoms with Gasteiger partial charge in [0.05, 0.1) is 4.88 Å². The van der Waals surface area contributed by atoms with Gasteiger partial charge in [0.25, 0.3) is 5.91 Å². The lowest BCUT2D eigenvalue weighted by Gasteiger charge is -2.56. The minimum atomic E-state index is 0.0812. The molecule has 3 nitrogen and oxygen atoms in total. The van der Waals surface area contributed by atoms with E-state index in [2.05, 4.69) is 29.6 Å². The molecule has 4 aliphatic carbocycles. The van der Waals surface area contributed by atoms with Crippen LogP contribution in [-0.4, -0.2) is 12.5 Å². The molecular weight excluding hydrogens is 402 g/mol. The van der Waals surface area contributed by atoms with E-state index in [1.807, 2.05) is 29.6 Å². The molecule has 0 atom stereocenters. The van der Waals surface area contributed by atoms with Crippen molar-refractivity contribution in [2.45, 2.75) is 45.1 Å². The highest BCUT2D eigenvalue weighted by atomic mass is 32.1. The average molecular weight is 432 g/mol. The predicted octanol–water partition coefficient (Wildman–Crippen LogP) is 6.43. The topological polar surface area (TPSA) is 38.3 Å². The van der Waals surface area contributed by atoms with E-state index >= 15 is 0 Å². The molecule has 3 aromatic rings. The molecule has 4 aliphatic rings. The first-order valence-electron chi connectivity index (χ1n) is 11.6. The normalized spacial score (nSPS) is 28.7. The fourth-order valence-electron chi connectivity index (χ4n) is 6.86. The summed E-state index contributed by atoms with van der Waals surface area (Å²) in [5.41, 5.74) is 1.43. The van der Waals surface area contributed by atoms with Crippen LogP contribution >= 0.6 is 11.3 Å². The van der Waals surface area contributed by atoms with Gasteiger partial charge < -0.3 is 10.1 Å². The van der Waals surface area contributed by atoms with E-state index in [4.69, 9.17) is 4.74 Å². The Morgan fingerprint density at radius 2 is 1.68 bits per heavy atom. The van der Waals surface area contributed by atoms with Crippen LogP contribution in [0.25, 0.3) is 10.8 Å². The van der Waals surface area contributed by atoms with Crippen molar-refractivity contribution in [2.24, 2.45) is 23.2 Å². The third-order valence-corrected chi connectivity index (χ3v) is 8.77. The number of fused-ring (bicyclic) bond motifs is 1. The standard InChI is InChI=1S/C27H29NO2S/c29-26(28-17-27-12-18-7-19(13-27)9-20(8-18)14-27)25-10-21(16-31-25)15-30-24-6-5-22-3-1-2-4-23(22)11-24/h1-6,10-11,16,18-20H,7-9,12-15,17H2,(H,28,29). The summed E-state index contributed by atoms with van der Waals surface area (Å²) in [7, 11) is 0. The summed E-state index contributed by atoms with van der Waals surface area (Å²) in [6, 6.07) is 16.4. The zero-order valence-corrected chi connectivity index (χ0v) is 18.6.